The predicted molar refractivity (Wildman–Crippen MR) is 165 cm³/mol. The Kier molecular flexibility index (Phi) is 13.5. The van der Waals surface area contributed by atoms with Crippen LogP contribution in [0.25, 0.3) is 0 Å². The van der Waals surface area contributed by atoms with Gasteiger partial charge in [-0.3, -0.25) is 14.4 Å². The van der Waals surface area contributed by atoms with Crippen molar-refractivity contribution in [3.8, 4) is 0 Å². The Morgan fingerprint density at radius 2 is 1.62 bits per heavy atom. The smallest absolute Gasteiger partial charge is 0.309 e. The molecular formula is C35H46N2O5. The van der Waals surface area contributed by atoms with Crippen LogP contribution in [-0.4, -0.2) is 41.6 Å². The fourth-order valence-electron chi connectivity index (χ4n) is 5.61. The van der Waals surface area contributed by atoms with Gasteiger partial charge in [-0.25, -0.2) is 0 Å². The summed E-state index contributed by atoms with van der Waals surface area (Å²) in [5, 5.41) is 15.8. The van der Waals surface area contributed by atoms with E-state index in [1.165, 1.54) is 0 Å². The second-order valence-electron chi connectivity index (χ2n) is 11.3. The number of hydrogen-bond donors (Lipinski definition) is 3. The molecule has 3 rings (SSSR count). The highest BCUT2D eigenvalue weighted by molar-refractivity contribution is 5.86. The van der Waals surface area contributed by atoms with Gasteiger partial charge >= 0.3 is 5.97 Å². The number of esters is 1. The Hall–Kier alpha value is -3.71. The van der Waals surface area contributed by atoms with Gasteiger partial charge in [0.25, 0.3) is 0 Å². The summed E-state index contributed by atoms with van der Waals surface area (Å²) in [5.74, 6) is -1.84. The van der Waals surface area contributed by atoms with E-state index in [0.717, 1.165) is 49.7 Å². The second-order valence-corrected chi connectivity index (χ2v) is 11.3. The number of benzene rings is 2. The number of unbranched alkanes of at least 4 members (excludes halogenated alkanes) is 1. The molecule has 0 aliphatic heterocycles. The summed E-state index contributed by atoms with van der Waals surface area (Å²) in [6.45, 7) is 7.52. The molecule has 0 unspecified atom stereocenters. The van der Waals surface area contributed by atoms with Crippen molar-refractivity contribution in [3.63, 3.8) is 0 Å². The van der Waals surface area contributed by atoms with E-state index in [-0.39, 0.29) is 43.3 Å². The van der Waals surface area contributed by atoms with Crippen LogP contribution in [0.1, 0.15) is 75.0 Å². The number of aliphatic hydroxyl groups is 1. The molecule has 3 N–H and O–H groups in total. The third-order valence-corrected chi connectivity index (χ3v) is 8.03. The molecule has 0 bridgehead atoms. The molecule has 0 heterocycles. The zero-order valence-corrected chi connectivity index (χ0v) is 24.6. The van der Waals surface area contributed by atoms with E-state index in [9.17, 15) is 19.5 Å². The standard InChI is InChI=1S/C35H46N2O5/c1-3-5-8-20-30(23-27-16-9-6-10-17-27)34(41)42-31(28-18-11-7-12-19-28)25-36-33(40)29(15-4-2)24-32(39)37-35(26-38)21-13-14-22-35/h3-4,6-7,9-12,16-19,29-31,38H,1-2,5,8,13-15,20-26H2,(H,36,40)(H,37,39)/t29-,30+,31-/m0/s1. The van der Waals surface area contributed by atoms with Crippen LogP contribution >= 0.6 is 0 Å². The lowest BCUT2D eigenvalue weighted by molar-refractivity contribution is -0.155. The number of aliphatic hydroxyl groups excluding tert-OH is 1. The SMILES string of the molecule is C=CCCC[C@H](Cc1ccccc1)C(=O)O[C@@H](CNC(=O)[C@@H](CC=C)CC(=O)NC1(CO)CCCC1)c1ccccc1. The minimum Gasteiger partial charge on any atom is -0.455 e. The molecule has 0 saturated heterocycles. The Labute approximate surface area is 250 Å². The maximum Gasteiger partial charge on any atom is 0.309 e. The van der Waals surface area contributed by atoms with E-state index >= 15 is 0 Å². The number of carbonyl (C=O) groups is 3. The van der Waals surface area contributed by atoms with Crippen LogP contribution < -0.4 is 10.6 Å². The Balaban J connectivity index is 1.68. The molecule has 3 atom stereocenters. The van der Waals surface area contributed by atoms with Gasteiger partial charge in [-0.05, 0) is 56.1 Å². The average Bonchev–Trinajstić information content (AvgIpc) is 3.48. The molecule has 1 fully saturated rings. The third kappa shape index (κ3) is 10.3. The van der Waals surface area contributed by atoms with Gasteiger partial charge in [-0.15, -0.1) is 13.2 Å². The Morgan fingerprint density at radius 3 is 2.24 bits per heavy atom. The summed E-state index contributed by atoms with van der Waals surface area (Å²) in [6.07, 6.45) is 9.35. The molecule has 0 radical (unpaired) electrons. The van der Waals surface area contributed by atoms with Gasteiger partial charge in [0, 0.05) is 6.42 Å². The molecule has 1 aliphatic carbocycles. The van der Waals surface area contributed by atoms with Crippen molar-refractivity contribution in [2.45, 2.75) is 75.9 Å². The molecule has 1 aliphatic rings. The number of nitrogens with one attached hydrogen (secondary N) is 2. The lowest BCUT2D eigenvalue weighted by Gasteiger charge is -2.29. The van der Waals surface area contributed by atoms with Crippen molar-refractivity contribution < 1.29 is 24.2 Å². The minimum atomic E-state index is -0.685. The summed E-state index contributed by atoms with van der Waals surface area (Å²) in [4.78, 5) is 39.7. The largest absolute Gasteiger partial charge is 0.455 e. The average molecular weight is 575 g/mol. The first-order valence-corrected chi connectivity index (χ1v) is 15.1. The van der Waals surface area contributed by atoms with E-state index in [1.807, 2.05) is 66.7 Å². The summed E-state index contributed by atoms with van der Waals surface area (Å²) in [6, 6.07) is 19.3. The minimum absolute atomic E-state index is 0.0160. The molecule has 0 aromatic heterocycles. The number of amides is 2. The van der Waals surface area contributed by atoms with Crippen molar-refractivity contribution in [1.29, 1.82) is 0 Å². The lowest BCUT2D eigenvalue weighted by Crippen LogP contribution is -2.50. The highest BCUT2D eigenvalue weighted by Crippen LogP contribution is 2.29. The predicted octanol–water partition coefficient (Wildman–Crippen LogP) is 5.61. The summed E-state index contributed by atoms with van der Waals surface area (Å²) in [7, 11) is 0. The van der Waals surface area contributed by atoms with Gasteiger partial charge in [0.1, 0.15) is 6.10 Å². The molecule has 2 amide bonds. The number of allylic oxidation sites excluding steroid dienone is 2. The van der Waals surface area contributed by atoms with Gasteiger partial charge in [-0.2, -0.15) is 0 Å². The molecule has 42 heavy (non-hydrogen) atoms. The summed E-state index contributed by atoms with van der Waals surface area (Å²) in [5.41, 5.74) is 1.24. The van der Waals surface area contributed by atoms with Crippen LogP contribution in [0.15, 0.2) is 86.0 Å². The highest BCUT2D eigenvalue weighted by atomic mass is 16.5. The molecule has 7 heteroatoms. The molecular weight excluding hydrogens is 528 g/mol. The third-order valence-electron chi connectivity index (χ3n) is 8.03. The fraction of sp³-hybridized carbons (Fsp3) is 0.457. The van der Waals surface area contributed by atoms with Crippen LogP contribution in [0, 0.1) is 11.8 Å². The van der Waals surface area contributed by atoms with E-state index in [2.05, 4.69) is 23.8 Å². The molecule has 1 saturated carbocycles. The molecule has 226 valence electrons. The fourth-order valence-corrected chi connectivity index (χ4v) is 5.61. The van der Waals surface area contributed by atoms with Crippen molar-refractivity contribution in [1.82, 2.24) is 10.6 Å². The van der Waals surface area contributed by atoms with Gasteiger partial charge < -0.3 is 20.5 Å². The number of carbonyl (C=O) groups excluding carboxylic acids is 3. The van der Waals surface area contributed by atoms with Crippen LogP contribution in [0.5, 0.6) is 0 Å². The zero-order valence-electron chi connectivity index (χ0n) is 24.6. The molecule has 7 nitrogen and oxygen atoms in total. The Bertz CT molecular complexity index is 1140. The lowest BCUT2D eigenvalue weighted by atomic mass is 9.94. The summed E-state index contributed by atoms with van der Waals surface area (Å²) >= 11 is 0. The number of ether oxygens (including phenoxy) is 1. The first kappa shape index (κ1) is 32.8. The van der Waals surface area contributed by atoms with Crippen molar-refractivity contribution in [3.05, 3.63) is 97.1 Å². The first-order valence-electron chi connectivity index (χ1n) is 15.1. The van der Waals surface area contributed by atoms with Crippen molar-refractivity contribution >= 4 is 17.8 Å². The van der Waals surface area contributed by atoms with E-state index in [1.54, 1.807) is 6.08 Å². The summed E-state index contributed by atoms with van der Waals surface area (Å²) < 4.78 is 6.08. The van der Waals surface area contributed by atoms with Gasteiger partial charge in [0.05, 0.1) is 30.5 Å². The second kappa shape index (κ2) is 17.3. The quantitative estimate of drug-likeness (QED) is 0.122. The van der Waals surface area contributed by atoms with E-state index in [4.69, 9.17) is 4.74 Å². The van der Waals surface area contributed by atoms with Gasteiger partial charge in [-0.1, -0.05) is 85.7 Å². The highest BCUT2D eigenvalue weighted by Gasteiger charge is 2.35. The zero-order chi connectivity index (χ0) is 30.2. The van der Waals surface area contributed by atoms with Crippen LogP contribution in [0.3, 0.4) is 0 Å². The van der Waals surface area contributed by atoms with Gasteiger partial charge in [0.2, 0.25) is 11.8 Å². The number of rotatable bonds is 18. The first-order chi connectivity index (χ1) is 20.4. The van der Waals surface area contributed by atoms with Crippen molar-refractivity contribution in [2.24, 2.45) is 11.8 Å². The van der Waals surface area contributed by atoms with E-state index in [0.29, 0.717) is 19.3 Å². The normalized spacial score (nSPS) is 16.0. The van der Waals surface area contributed by atoms with Crippen LogP contribution in [0.2, 0.25) is 0 Å². The molecule has 2 aromatic carbocycles. The maximum atomic E-state index is 13.5. The van der Waals surface area contributed by atoms with Gasteiger partial charge in [0.15, 0.2) is 0 Å². The van der Waals surface area contributed by atoms with Crippen LogP contribution in [-0.2, 0) is 25.5 Å². The molecule has 2 aromatic rings. The Morgan fingerprint density at radius 1 is 0.952 bits per heavy atom. The van der Waals surface area contributed by atoms with Crippen LogP contribution in [0.4, 0.5) is 0 Å². The number of hydrogen-bond acceptors (Lipinski definition) is 5. The molecule has 0 spiro atoms. The monoisotopic (exact) mass is 574 g/mol. The topological polar surface area (TPSA) is 105 Å². The van der Waals surface area contributed by atoms with Crippen molar-refractivity contribution in [2.75, 3.05) is 13.2 Å². The van der Waals surface area contributed by atoms with E-state index < -0.39 is 17.6 Å². The maximum absolute atomic E-state index is 13.5.